The van der Waals surface area contributed by atoms with Gasteiger partial charge >= 0.3 is 6.36 Å². The van der Waals surface area contributed by atoms with Gasteiger partial charge in [0.2, 0.25) is 0 Å². The number of ether oxygens (including phenoxy) is 1. The molecule has 1 N–H and O–H groups in total. The molecule has 0 aliphatic carbocycles. The highest BCUT2D eigenvalue weighted by atomic mass is 19.4. The number of hydrogen-bond acceptors (Lipinski definition) is 3. The van der Waals surface area contributed by atoms with Gasteiger partial charge in [0.1, 0.15) is 0 Å². The van der Waals surface area contributed by atoms with E-state index in [1.807, 2.05) is 0 Å². The van der Waals surface area contributed by atoms with Gasteiger partial charge in [-0.05, 0) is 7.05 Å². The highest BCUT2D eigenvalue weighted by molar-refractivity contribution is 4.67. The number of nitrogens with one attached hydrogen (secondary N) is 1. The minimum atomic E-state index is -4.56. The Labute approximate surface area is 62.1 Å². The number of halogens is 3. The van der Waals surface area contributed by atoms with E-state index in [1.165, 1.54) is 4.90 Å². The summed E-state index contributed by atoms with van der Waals surface area (Å²) < 4.78 is 38.5. The first kappa shape index (κ1) is 8.76. The van der Waals surface area contributed by atoms with Crippen molar-refractivity contribution < 1.29 is 17.9 Å². The first-order valence-corrected chi connectivity index (χ1v) is 3.17. The van der Waals surface area contributed by atoms with Gasteiger partial charge in [-0.3, -0.25) is 15.0 Å². The van der Waals surface area contributed by atoms with E-state index < -0.39 is 12.7 Å². The Kier molecular flexibility index (Phi) is 2.36. The predicted octanol–water partition coefficient (Wildman–Crippen LogP) is 0.341. The first-order chi connectivity index (χ1) is 4.99. The second-order valence-corrected chi connectivity index (χ2v) is 2.35. The Morgan fingerprint density at radius 1 is 1.55 bits per heavy atom. The van der Waals surface area contributed by atoms with E-state index in [-0.39, 0.29) is 0 Å². The van der Waals surface area contributed by atoms with E-state index >= 15 is 0 Å². The molecule has 1 unspecified atom stereocenters. The maximum absolute atomic E-state index is 11.6. The van der Waals surface area contributed by atoms with Crippen LogP contribution in [-0.4, -0.2) is 37.8 Å². The molecule has 0 saturated carbocycles. The minimum absolute atomic E-state index is 0.525. The van der Waals surface area contributed by atoms with Gasteiger partial charge in [-0.1, -0.05) is 0 Å². The summed E-state index contributed by atoms with van der Waals surface area (Å²) >= 11 is 0. The highest BCUT2D eigenvalue weighted by Crippen LogP contribution is 2.19. The maximum atomic E-state index is 11.6. The molecule has 1 rings (SSSR count). The number of rotatable bonds is 1. The van der Waals surface area contributed by atoms with Crippen LogP contribution >= 0.6 is 0 Å². The topological polar surface area (TPSA) is 24.5 Å². The van der Waals surface area contributed by atoms with Crippen molar-refractivity contribution in [3.63, 3.8) is 0 Å². The summed E-state index contributed by atoms with van der Waals surface area (Å²) in [5.74, 6) is 0. The Morgan fingerprint density at radius 3 is 2.55 bits per heavy atom. The fraction of sp³-hybridized carbons (Fsp3) is 1.00. The van der Waals surface area contributed by atoms with E-state index in [9.17, 15) is 13.2 Å². The molecule has 1 heterocycles. The van der Waals surface area contributed by atoms with Gasteiger partial charge in [-0.15, -0.1) is 13.2 Å². The van der Waals surface area contributed by atoms with Crippen molar-refractivity contribution in [1.29, 1.82) is 0 Å². The Balaban J connectivity index is 2.37. The third-order valence-electron chi connectivity index (χ3n) is 1.43. The second-order valence-electron chi connectivity index (χ2n) is 2.35. The summed E-state index contributed by atoms with van der Waals surface area (Å²) in [7, 11) is 1.57. The van der Waals surface area contributed by atoms with E-state index in [1.54, 1.807) is 7.05 Å². The molecular weight excluding hydrogens is 161 g/mol. The summed E-state index contributed by atoms with van der Waals surface area (Å²) in [6.45, 7) is 1.10. The van der Waals surface area contributed by atoms with E-state index in [4.69, 9.17) is 0 Å². The zero-order valence-corrected chi connectivity index (χ0v) is 5.98. The molecule has 1 fully saturated rings. The molecule has 66 valence electrons. The summed E-state index contributed by atoms with van der Waals surface area (Å²) in [5, 5.41) is 2.55. The zero-order chi connectivity index (χ0) is 8.48. The van der Waals surface area contributed by atoms with Crippen LogP contribution in [-0.2, 0) is 4.74 Å². The monoisotopic (exact) mass is 170 g/mol. The van der Waals surface area contributed by atoms with Crippen molar-refractivity contribution in [2.75, 3.05) is 20.1 Å². The lowest BCUT2D eigenvalue weighted by molar-refractivity contribution is -0.358. The molecule has 0 aromatic rings. The summed E-state index contributed by atoms with van der Waals surface area (Å²) in [6, 6.07) is 0. The zero-order valence-electron chi connectivity index (χ0n) is 5.98. The smallest absolute Gasteiger partial charge is 0.278 e. The molecule has 1 aliphatic rings. The SMILES string of the molecule is CN1CCNC1OC(F)(F)F. The van der Waals surface area contributed by atoms with Crippen LogP contribution < -0.4 is 5.32 Å². The lowest BCUT2D eigenvalue weighted by Crippen LogP contribution is -2.39. The van der Waals surface area contributed by atoms with Gasteiger partial charge in [0.15, 0.2) is 6.35 Å². The predicted molar refractivity (Wildman–Crippen MR) is 31.6 cm³/mol. The molecule has 1 saturated heterocycles. The maximum Gasteiger partial charge on any atom is 0.525 e. The van der Waals surface area contributed by atoms with Crippen LogP contribution in [0.15, 0.2) is 0 Å². The lowest BCUT2D eigenvalue weighted by atomic mass is 10.7. The summed E-state index contributed by atoms with van der Waals surface area (Å²) in [4.78, 5) is 1.45. The molecule has 1 aliphatic heterocycles. The van der Waals surface area contributed by atoms with Gasteiger partial charge in [0, 0.05) is 13.1 Å². The molecule has 0 spiro atoms. The van der Waals surface area contributed by atoms with E-state index in [0.29, 0.717) is 13.1 Å². The fourth-order valence-corrected chi connectivity index (χ4v) is 0.896. The summed E-state index contributed by atoms with van der Waals surface area (Å²) in [6.07, 6.45) is -5.58. The number of hydrogen-bond donors (Lipinski definition) is 1. The van der Waals surface area contributed by atoms with Gasteiger partial charge in [0.25, 0.3) is 0 Å². The van der Waals surface area contributed by atoms with Crippen LogP contribution in [0.1, 0.15) is 0 Å². The largest absolute Gasteiger partial charge is 0.525 e. The van der Waals surface area contributed by atoms with Gasteiger partial charge in [-0.2, -0.15) is 0 Å². The normalized spacial score (nSPS) is 27.8. The van der Waals surface area contributed by atoms with E-state index in [0.717, 1.165) is 0 Å². The minimum Gasteiger partial charge on any atom is -0.278 e. The third-order valence-corrected chi connectivity index (χ3v) is 1.43. The van der Waals surface area contributed by atoms with Crippen LogP contribution in [0.4, 0.5) is 13.2 Å². The Hall–Kier alpha value is -0.330. The van der Waals surface area contributed by atoms with E-state index in [2.05, 4.69) is 10.1 Å². The Bertz CT molecular complexity index is 138. The van der Waals surface area contributed by atoms with Gasteiger partial charge in [-0.25, -0.2) is 0 Å². The van der Waals surface area contributed by atoms with Crippen LogP contribution in [0.2, 0.25) is 0 Å². The number of nitrogens with zero attached hydrogens (tertiary/aromatic N) is 1. The molecule has 0 amide bonds. The molecule has 0 aromatic carbocycles. The third kappa shape index (κ3) is 2.64. The fourth-order valence-electron chi connectivity index (χ4n) is 0.896. The van der Waals surface area contributed by atoms with Crippen molar-refractivity contribution >= 4 is 0 Å². The quantitative estimate of drug-likeness (QED) is 0.614. The van der Waals surface area contributed by atoms with Crippen LogP contribution in [0.3, 0.4) is 0 Å². The average molecular weight is 170 g/mol. The van der Waals surface area contributed by atoms with Crippen molar-refractivity contribution in [2.24, 2.45) is 0 Å². The number of likely N-dealkylation sites (N-methyl/N-ethyl adjacent to an activating group) is 1. The molecule has 0 bridgehead atoms. The molecular formula is C5H9F3N2O. The van der Waals surface area contributed by atoms with Crippen LogP contribution in [0.25, 0.3) is 0 Å². The molecule has 1 atom stereocenters. The average Bonchev–Trinajstić information content (AvgIpc) is 2.12. The summed E-state index contributed by atoms with van der Waals surface area (Å²) in [5.41, 5.74) is 0. The molecule has 3 nitrogen and oxygen atoms in total. The molecule has 0 radical (unpaired) electrons. The van der Waals surface area contributed by atoms with Crippen molar-refractivity contribution in [3.8, 4) is 0 Å². The number of alkyl halides is 3. The standard InChI is InChI=1S/C5H9F3N2O/c1-10-3-2-9-4(10)11-5(6,7)8/h4,9H,2-3H2,1H3. The van der Waals surface area contributed by atoms with Gasteiger partial charge in [0.05, 0.1) is 0 Å². The molecule has 0 aromatic heterocycles. The Morgan fingerprint density at radius 2 is 2.18 bits per heavy atom. The van der Waals surface area contributed by atoms with Crippen molar-refractivity contribution in [3.05, 3.63) is 0 Å². The molecule has 11 heavy (non-hydrogen) atoms. The van der Waals surface area contributed by atoms with Gasteiger partial charge < -0.3 is 0 Å². The van der Waals surface area contributed by atoms with Crippen molar-refractivity contribution in [1.82, 2.24) is 10.2 Å². The molecule has 6 heteroatoms. The van der Waals surface area contributed by atoms with Crippen molar-refractivity contribution in [2.45, 2.75) is 12.7 Å². The highest BCUT2D eigenvalue weighted by Gasteiger charge is 2.36. The lowest BCUT2D eigenvalue weighted by Gasteiger charge is -2.20. The van der Waals surface area contributed by atoms with Crippen LogP contribution in [0.5, 0.6) is 0 Å². The first-order valence-electron chi connectivity index (χ1n) is 3.17. The van der Waals surface area contributed by atoms with Crippen LogP contribution in [0, 0.1) is 0 Å². The second kappa shape index (κ2) is 2.96.